The van der Waals surface area contributed by atoms with E-state index in [1.54, 1.807) is 0 Å². The number of fused-ring (bicyclic) bond motifs is 20. The maximum atomic E-state index is 7.47. The van der Waals surface area contributed by atoms with Crippen molar-refractivity contribution in [2.75, 3.05) is 0 Å². The SMILES string of the molecule is c1ccc2c(c1)c1ccccc1n2-c1cc2c3c(c1)-n1c4ccccc4c4cccc(c41)B3c1cc3c(cc1O2)Oc1cc(-n2c4ccccc4c4ccccc42)cc2c1B3c1cccc3c4ccccc4n-2c13. The molecular weight excluding hydrogens is 902 g/mol. The molecule has 0 atom stereocenters. The molecule has 11 aromatic carbocycles. The molecule has 4 aliphatic heterocycles. The van der Waals surface area contributed by atoms with Gasteiger partial charge in [-0.3, -0.25) is 0 Å². The summed E-state index contributed by atoms with van der Waals surface area (Å²) in [5.41, 5.74) is 21.2. The quantitative estimate of drug-likeness (QED) is 0.162. The third kappa shape index (κ3) is 4.50. The molecule has 8 heteroatoms. The molecule has 8 heterocycles. The molecule has 0 saturated heterocycles. The minimum absolute atomic E-state index is 0.105. The van der Waals surface area contributed by atoms with E-state index in [-0.39, 0.29) is 13.4 Å². The summed E-state index contributed by atoms with van der Waals surface area (Å²) in [6, 6.07) is 80.7. The number of para-hydroxylation sites is 8. The van der Waals surface area contributed by atoms with Crippen molar-refractivity contribution < 1.29 is 9.47 Å². The molecule has 0 radical (unpaired) electrons. The van der Waals surface area contributed by atoms with Gasteiger partial charge in [0.05, 0.1) is 44.5 Å². The standard InChI is InChI=1S/C66H36B2N4O2/c1-7-25-51-39(15-1)40-16-2-8-26-52(40)69(51)37-31-57-63-61(33-37)73-59-36-60-50(35-49(59)67(63)47-23-13-21-45-43-19-5-11-29-55(43)71(57)65(45)47)68-48-24-14-22-46-44-20-6-12-30-56(44)72(66(46)48)58-32-38(34-62(74-60)64(58)68)70-53-27-9-3-17-41(53)42-18-4-10-28-54(42)70/h1-36H. The minimum Gasteiger partial charge on any atom is -0.458 e. The summed E-state index contributed by atoms with van der Waals surface area (Å²) in [5.74, 6) is 3.35. The average molecular weight is 939 g/mol. The van der Waals surface area contributed by atoms with Crippen molar-refractivity contribution in [3.63, 3.8) is 0 Å². The van der Waals surface area contributed by atoms with Crippen LogP contribution in [0.2, 0.25) is 0 Å². The predicted molar refractivity (Wildman–Crippen MR) is 306 cm³/mol. The number of ether oxygens (including phenoxy) is 2. The fraction of sp³-hybridized carbons (Fsp3) is 0. The summed E-state index contributed by atoms with van der Waals surface area (Å²) < 4.78 is 24.8. The Morgan fingerprint density at radius 1 is 0.257 bits per heavy atom. The van der Waals surface area contributed by atoms with Crippen LogP contribution in [0.15, 0.2) is 218 Å². The number of benzene rings is 11. The predicted octanol–water partition coefficient (Wildman–Crippen LogP) is 11.9. The Bertz CT molecular complexity index is 4710. The van der Waals surface area contributed by atoms with Gasteiger partial charge in [0.1, 0.15) is 23.0 Å². The van der Waals surface area contributed by atoms with Crippen LogP contribution in [0.25, 0.3) is 110 Å². The number of rotatable bonds is 2. The monoisotopic (exact) mass is 938 g/mol. The van der Waals surface area contributed by atoms with Gasteiger partial charge in [-0.05, 0) is 81.3 Å². The number of hydrogen-bond donors (Lipinski definition) is 0. The van der Waals surface area contributed by atoms with Crippen LogP contribution in [0.5, 0.6) is 23.0 Å². The summed E-state index contributed by atoms with van der Waals surface area (Å²) in [6.07, 6.45) is 0. The molecule has 0 saturated carbocycles. The van der Waals surface area contributed by atoms with E-state index in [1.165, 1.54) is 87.0 Å². The van der Waals surface area contributed by atoms with E-state index < -0.39 is 0 Å². The Balaban J connectivity index is 0.900. The summed E-state index contributed by atoms with van der Waals surface area (Å²) in [5, 5.41) is 9.91. The van der Waals surface area contributed by atoms with E-state index in [9.17, 15) is 0 Å². The summed E-state index contributed by atoms with van der Waals surface area (Å²) in [6.45, 7) is -0.211. The highest BCUT2D eigenvalue weighted by atomic mass is 16.5. The number of nitrogens with zero attached hydrogens (tertiary/aromatic N) is 4. The Morgan fingerprint density at radius 3 is 0.959 bits per heavy atom. The highest BCUT2D eigenvalue weighted by Gasteiger charge is 2.46. The van der Waals surface area contributed by atoms with Crippen LogP contribution in [-0.2, 0) is 0 Å². The van der Waals surface area contributed by atoms with Gasteiger partial charge in [-0.1, -0.05) is 152 Å². The zero-order chi connectivity index (χ0) is 47.7. The van der Waals surface area contributed by atoms with Crippen LogP contribution in [0.4, 0.5) is 0 Å². The molecular formula is C66H36B2N4O2. The largest absolute Gasteiger partial charge is 0.458 e. The van der Waals surface area contributed by atoms with Gasteiger partial charge in [0.2, 0.25) is 0 Å². The first-order valence-corrected chi connectivity index (χ1v) is 25.6. The first-order chi connectivity index (χ1) is 36.7. The lowest BCUT2D eigenvalue weighted by Gasteiger charge is -2.37. The second kappa shape index (κ2) is 13.2. The minimum atomic E-state index is -0.105. The van der Waals surface area contributed by atoms with Crippen LogP contribution in [0, 0.1) is 0 Å². The number of hydrogen-bond acceptors (Lipinski definition) is 2. The molecule has 0 aliphatic carbocycles. The van der Waals surface area contributed by atoms with Crippen LogP contribution < -0.4 is 42.3 Å². The zero-order valence-corrected chi connectivity index (χ0v) is 39.5. The van der Waals surface area contributed by atoms with Crippen molar-refractivity contribution >= 4 is 133 Å². The van der Waals surface area contributed by atoms with Crippen molar-refractivity contribution in [3.05, 3.63) is 218 Å². The highest BCUT2D eigenvalue weighted by Crippen LogP contribution is 2.44. The van der Waals surface area contributed by atoms with Gasteiger partial charge < -0.3 is 27.7 Å². The second-order valence-corrected chi connectivity index (χ2v) is 20.7. The Hall–Kier alpha value is -9.65. The molecule has 0 bridgehead atoms. The molecule has 0 spiro atoms. The van der Waals surface area contributed by atoms with Gasteiger partial charge in [-0.2, -0.15) is 0 Å². The van der Waals surface area contributed by atoms with Crippen molar-refractivity contribution in [2.45, 2.75) is 0 Å². The van der Waals surface area contributed by atoms with E-state index in [0.717, 1.165) is 78.7 Å². The van der Waals surface area contributed by atoms with Gasteiger partial charge in [-0.25, -0.2) is 0 Å². The Labute approximate surface area is 423 Å². The van der Waals surface area contributed by atoms with Crippen LogP contribution in [0.1, 0.15) is 0 Å². The van der Waals surface area contributed by atoms with Gasteiger partial charge >= 0.3 is 0 Å². The fourth-order valence-electron chi connectivity index (χ4n) is 14.4. The smallest absolute Gasteiger partial charge is 0.256 e. The van der Waals surface area contributed by atoms with E-state index >= 15 is 0 Å². The fourth-order valence-corrected chi connectivity index (χ4v) is 14.4. The molecule has 15 aromatic rings. The molecule has 4 aromatic heterocycles. The van der Waals surface area contributed by atoms with Gasteiger partial charge in [0, 0.05) is 83.7 Å². The summed E-state index contributed by atoms with van der Waals surface area (Å²) >= 11 is 0. The third-order valence-corrected chi connectivity index (χ3v) is 17.2. The topological polar surface area (TPSA) is 38.2 Å². The Kier molecular flexibility index (Phi) is 6.82. The van der Waals surface area contributed by atoms with E-state index in [2.05, 4.69) is 237 Å². The van der Waals surface area contributed by atoms with E-state index in [1.807, 2.05) is 0 Å². The van der Waals surface area contributed by atoms with Gasteiger partial charge in [0.15, 0.2) is 0 Å². The van der Waals surface area contributed by atoms with Crippen molar-refractivity contribution in [3.8, 4) is 45.7 Å². The van der Waals surface area contributed by atoms with Crippen molar-refractivity contribution in [2.24, 2.45) is 0 Å². The molecule has 0 fully saturated rings. The Morgan fingerprint density at radius 2 is 0.581 bits per heavy atom. The highest BCUT2D eigenvalue weighted by molar-refractivity contribution is 7.02. The lowest BCUT2D eigenvalue weighted by Crippen LogP contribution is -2.62. The zero-order valence-electron chi connectivity index (χ0n) is 39.5. The first-order valence-electron chi connectivity index (χ1n) is 25.6. The molecule has 338 valence electrons. The van der Waals surface area contributed by atoms with Crippen LogP contribution in [-0.4, -0.2) is 31.7 Å². The normalized spacial score (nSPS) is 13.6. The van der Waals surface area contributed by atoms with E-state index in [4.69, 9.17) is 9.47 Å². The third-order valence-electron chi connectivity index (χ3n) is 17.2. The van der Waals surface area contributed by atoms with Crippen LogP contribution >= 0.6 is 0 Å². The molecule has 0 amide bonds. The maximum absolute atomic E-state index is 7.47. The maximum Gasteiger partial charge on any atom is 0.256 e. The first kappa shape index (κ1) is 38.1. The molecule has 74 heavy (non-hydrogen) atoms. The second-order valence-electron chi connectivity index (χ2n) is 20.7. The average Bonchev–Trinajstić information content (AvgIpc) is 4.20. The number of aromatic nitrogens is 4. The molecule has 19 rings (SSSR count). The molecule has 0 unspecified atom stereocenters. The van der Waals surface area contributed by atoms with E-state index in [0.29, 0.717) is 0 Å². The summed E-state index contributed by atoms with van der Waals surface area (Å²) in [4.78, 5) is 0. The lowest BCUT2D eigenvalue weighted by atomic mass is 9.31. The molecule has 6 nitrogen and oxygen atoms in total. The van der Waals surface area contributed by atoms with Gasteiger partial charge in [0.25, 0.3) is 13.4 Å². The van der Waals surface area contributed by atoms with Crippen LogP contribution in [0.3, 0.4) is 0 Å². The van der Waals surface area contributed by atoms with Crippen molar-refractivity contribution in [1.29, 1.82) is 0 Å². The lowest BCUT2D eigenvalue weighted by molar-refractivity contribution is 0.465. The molecule has 0 N–H and O–H groups in total. The van der Waals surface area contributed by atoms with Crippen molar-refractivity contribution in [1.82, 2.24) is 18.3 Å². The summed E-state index contributed by atoms with van der Waals surface area (Å²) in [7, 11) is 0. The van der Waals surface area contributed by atoms with Gasteiger partial charge in [-0.15, -0.1) is 0 Å². The molecule has 4 aliphatic rings.